The van der Waals surface area contributed by atoms with E-state index in [0.29, 0.717) is 24.2 Å². The van der Waals surface area contributed by atoms with Gasteiger partial charge in [0, 0.05) is 0 Å². The number of alkyl halides is 2. The molecule has 0 aromatic heterocycles. The molecule has 1 nitrogen and oxygen atoms in total. The fraction of sp³-hybridized carbons (Fsp3) is 0.548. The van der Waals surface area contributed by atoms with E-state index in [0.717, 1.165) is 24.3 Å². The summed E-state index contributed by atoms with van der Waals surface area (Å²) in [6.07, 6.45) is 11.4. The summed E-state index contributed by atoms with van der Waals surface area (Å²) >= 11 is 0. The van der Waals surface area contributed by atoms with Gasteiger partial charge in [-0.05, 0) is 92.2 Å². The van der Waals surface area contributed by atoms with Crippen LogP contribution < -0.4 is 0 Å². The Morgan fingerprint density at radius 3 is 1.88 bits per heavy atom. The Labute approximate surface area is 204 Å². The van der Waals surface area contributed by atoms with Crippen molar-refractivity contribution in [2.24, 2.45) is 11.8 Å². The van der Waals surface area contributed by atoms with Gasteiger partial charge in [0.05, 0.1) is 12.2 Å². The fourth-order valence-corrected chi connectivity index (χ4v) is 5.80. The molecule has 0 atom stereocenters. The highest BCUT2D eigenvalue weighted by Gasteiger charge is 2.33. The smallest absolute Gasteiger partial charge is 0.316 e. The van der Waals surface area contributed by atoms with Crippen LogP contribution >= 0.6 is 0 Å². The standard InChI is InChI=1S/C31H40F2O/c1-3-4-24-7-13-28(14-8-24)29-17-19-30(20-18-29)31(32,33)34-22-21-25-9-15-27(16-10-25)26-11-5-23(2)6-12-26/h3-4,9-10,15-20,23-24,26,28H,5-8,11-14,21-22H2,1-2H3/b4-3+. The molecule has 2 fully saturated rings. The van der Waals surface area contributed by atoms with E-state index in [1.165, 1.54) is 49.7 Å². The van der Waals surface area contributed by atoms with E-state index in [4.69, 9.17) is 4.74 Å². The molecule has 0 N–H and O–H groups in total. The molecule has 0 amide bonds. The van der Waals surface area contributed by atoms with Crippen LogP contribution in [-0.2, 0) is 17.3 Å². The Morgan fingerprint density at radius 2 is 1.32 bits per heavy atom. The fourth-order valence-electron chi connectivity index (χ4n) is 5.80. The van der Waals surface area contributed by atoms with Gasteiger partial charge in [0.25, 0.3) is 0 Å². The van der Waals surface area contributed by atoms with E-state index in [9.17, 15) is 8.78 Å². The summed E-state index contributed by atoms with van der Waals surface area (Å²) in [5, 5.41) is 0. The Morgan fingerprint density at radius 1 is 0.794 bits per heavy atom. The average Bonchev–Trinajstić information content (AvgIpc) is 2.86. The van der Waals surface area contributed by atoms with Gasteiger partial charge >= 0.3 is 6.11 Å². The zero-order chi connectivity index (χ0) is 24.0. The monoisotopic (exact) mass is 466 g/mol. The van der Waals surface area contributed by atoms with Gasteiger partial charge in [-0.25, -0.2) is 0 Å². The van der Waals surface area contributed by atoms with Gasteiger partial charge in [-0.1, -0.05) is 80.4 Å². The lowest BCUT2D eigenvalue weighted by molar-refractivity contribution is -0.248. The first kappa shape index (κ1) is 25.1. The van der Waals surface area contributed by atoms with Gasteiger partial charge in [0.15, 0.2) is 0 Å². The second kappa shape index (κ2) is 11.6. The molecule has 2 saturated carbocycles. The van der Waals surface area contributed by atoms with Gasteiger partial charge in [-0.3, -0.25) is 0 Å². The van der Waals surface area contributed by atoms with Gasteiger partial charge < -0.3 is 4.74 Å². The quantitative estimate of drug-likeness (QED) is 0.352. The molecule has 0 heterocycles. The number of benzene rings is 2. The van der Waals surface area contributed by atoms with Gasteiger partial charge in [0.2, 0.25) is 0 Å². The maximum absolute atomic E-state index is 14.7. The van der Waals surface area contributed by atoms with Crippen molar-refractivity contribution < 1.29 is 13.5 Å². The maximum Gasteiger partial charge on any atom is 0.383 e. The number of rotatable bonds is 8. The molecule has 2 aliphatic rings. The second-order valence-corrected chi connectivity index (χ2v) is 10.6. The topological polar surface area (TPSA) is 9.23 Å². The van der Waals surface area contributed by atoms with E-state index in [-0.39, 0.29) is 12.2 Å². The lowest BCUT2D eigenvalue weighted by Crippen LogP contribution is -2.20. The van der Waals surface area contributed by atoms with Crippen molar-refractivity contribution in [1.29, 1.82) is 0 Å². The first-order valence-corrected chi connectivity index (χ1v) is 13.3. The van der Waals surface area contributed by atoms with Crippen LogP contribution in [0.1, 0.15) is 99.3 Å². The van der Waals surface area contributed by atoms with Crippen LogP contribution in [0, 0.1) is 11.8 Å². The summed E-state index contributed by atoms with van der Waals surface area (Å²) < 4.78 is 34.4. The van der Waals surface area contributed by atoms with Crippen LogP contribution in [0.2, 0.25) is 0 Å². The second-order valence-electron chi connectivity index (χ2n) is 10.6. The highest BCUT2D eigenvalue weighted by Crippen LogP contribution is 2.38. The predicted octanol–water partition coefficient (Wildman–Crippen LogP) is 9.14. The lowest BCUT2D eigenvalue weighted by Gasteiger charge is -2.27. The van der Waals surface area contributed by atoms with Crippen molar-refractivity contribution in [2.45, 2.75) is 89.6 Å². The zero-order valence-electron chi connectivity index (χ0n) is 20.8. The Kier molecular flexibility index (Phi) is 8.58. The molecule has 0 radical (unpaired) electrons. The van der Waals surface area contributed by atoms with Crippen LogP contribution in [-0.4, -0.2) is 6.61 Å². The number of halogens is 2. The summed E-state index contributed by atoms with van der Waals surface area (Å²) in [7, 11) is 0. The Hall–Kier alpha value is -2.00. The highest BCUT2D eigenvalue weighted by atomic mass is 19.3. The van der Waals surface area contributed by atoms with E-state index in [1.807, 2.05) is 12.1 Å². The molecular weight excluding hydrogens is 426 g/mol. The van der Waals surface area contributed by atoms with Crippen LogP contribution in [0.15, 0.2) is 60.7 Å². The summed E-state index contributed by atoms with van der Waals surface area (Å²) in [5.74, 6) is 2.64. The summed E-state index contributed by atoms with van der Waals surface area (Å²) in [4.78, 5) is 0. The van der Waals surface area contributed by atoms with Gasteiger partial charge in [-0.2, -0.15) is 8.78 Å². The maximum atomic E-state index is 14.7. The Bertz CT molecular complexity index is 899. The molecule has 2 aromatic carbocycles. The molecule has 3 heteroatoms. The molecular formula is C31H40F2O. The number of hydrogen-bond acceptors (Lipinski definition) is 1. The van der Waals surface area contributed by atoms with Crippen LogP contribution in [0.5, 0.6) is 0 Å². The molecule has 2 aliphatic carbocycles. The summed E-state index contributed by atoms with van der Waals surface area (Å²) in [6.45, 7) is 4.41. The zero-order valence-corrected chi connectivity index (χ0v) is 20.8. The third kappa shape index (κ3) is 6.56. The third-order valence-electron chi connectivity index (χ3n) is 8.10. The minimum Gasteiger partial charge on any atom is -0.316 e. The van der Waals surface area contributed by atoms with Gasteiger partial charge in [-0.15, -0.1) is 0 Å². The third-order valence-corrected chi connectivity index (χ3v) is 8.10. The van der Waals surface area contributed by atoms with Crippen molar-refractivity contribution in [2.75, 3.05) is 6.61 Å². The summed E-state index contributed by atoms with van der Waals surface area (Å²) in [6, 6.07) is 15.4. The lowest BCUT2D eigenvalue weighted by atomic mass is 9.78. The normalized spacial score (nSPS) is 26.1. The number of allylic oxidation sites excluding steroid dienone is 2. The van der Waals surface area contributed by atoms with Crippen molar-refractivity contribution in [3.05, 3.63) is 82.9 Å². The molecule has 0 aliphatic heterocycles. The van der Waals surface area contributed by atoms with E-state index in [2.05, 4.69) is 50.3 Å². The molecule has 34 heavy (non-hydrogen) atoms. The minimum atomic E-state index is -3.26. The number of hydrogen-bond donors (Lipinski definition) is 0. The molecule has 2 aromatic rings. The number of ether oxygens (including phenoxy) is 1. The first-order chi connectivity index (χ1) is 16.4. The molecule has 0 saturated heterocycles. The predicted molar refractivity (Wildman–Crippen MR) is 136 cm³/mol. The molecule has 184 valence electrons. The molecule has 4 rings (SSSR count). The average molecular weight is 467 g/mol. The van der Waals surface area contributed by atoms with E-state index < -0.39 is 6.11 Å². The van der Waals surface area contributed by atoms with Crippen molar-refractivity contribution >= 4 is 0 Å². The van der Waals surface area contributed by atoms with Crippen molar-refractivity contribution in [1.82, 2.24) is 0 Å². The highest BCUT2D eigenvalue weighted by molar-refractivity contribution is 5.28. The van der Waals surface area contributed by atoms with E-state index in [1.54, 1.807) is 12.1 Å². The van der Waals surface area contributed by atoms with Gasteiger partial charge in [0.1, 0.15) is 0 Å². The SMILES string of the molecule is C/C=C/C1CCC(c2ccc(C(F)(F)OCCc3ccc(C4CCC(C)CC4)cc3)cc2)CC1. The molecule has 0 bridgehead atoms. The Balaban J connectivity index is 1.25. The van der Waals surface area contributed by atoms with E-state index >= 15 is 0 Å². The van der Waals surface area contributed by atoms with Crippen LogP contribution in [0.4, 0.5) is 8.78 Å². The van der Waals surface area contributed by atoms with Crippen molar-refractivity contribution in [3.63, 3.8) is 0 Å². The van der Waals surface area contributed by atoms with Crippen LogP contribution in [0.25, 0.3) is 0 Å². The van der Waals surface area contributed by atoms with Crippen LogP contribution in [0.3, 0.4) is 0 Å². The molecule has 0 unspecified atom stereocenters. The largest absolute Gasteiger partial charge is 0.383 e. The minimum absolute atomic E-state index is 0.00397. The summed E-state index contributed by atoms with van der Waals surface area (Å²) in [5.41, 5.74) is 3.55. The van der Waals surface area contributed by atoms with Crippen molar-refractivity contribution in [3.8, 4) is 0 Å². The molecule has 0 spiro atoms. The first-order valence-electron chi connectivity index (χ1n) is 13.3.